The van der Waals surface area contributed by atoms with Crippen molar-refractivity contribution in [1.82, 2.24) is 4.98 Å². The van der Waals surface area contributed by atoms with Crippen LogP contribution in [0.25, 0.3) is 0 Å². The molecule has 0 radical (unpaired) electrons. The molecular formula is C14H13N3O2. The first-order valence-corrected chi connectivity index (χ1v) is 6.03. The highest BCUT2D eigenvalue weighted by Gasteiger charge is 2.25. The van der Waals surface area contributed by atoms with Crippen molar-refractivity contribution in [2.75, 3.05) is 10.6 Å². The van der Waals surface area contributed by atoms with Crippen LogP contribution in [0.3, 0.4) is 0 Å². The van der Waals surface area contributed by atoms with Gasteiger partial charge in [-0.05, 0) is 29.8 Å². The van der Waals surface area contributed by atoms with Crippen LogP contribution in [0.1, 0.15) is 5.56 Å². The third-order valence-electron chi connectivity index (χ3n) is 3.07. The first-order chi connectivity index (χ1) is 9.22. The lowest BCUT2D eigenvalue weighted by Gasteiger charge is -2.25. The molecule has 0 saturated carbocycles. The molecule has 1 aromatic heterocycles. The Bertz CT molecular complexity index is 610. The highest BCUT2D eigenvalue weighted by atomic mass is 16.3. The molecule has 96 valence electrons. The van der Waals surface area contributed by atoms with E-state index in [4.69, 9.17) is 0 Å². The molecule has 1 aromatic carbocycles. The van der Waals surface area contributed by atoms with Crippen molar-refractivity contribution in [3.63, 3.8) is 0 Å². The molecule has 1 atom stereocenters. The van der Waals surface area contributed by atoms with E-state index in [0.717, 1.165) is 5.56 Å². The van der Waals surface area contributed by atoms with Crippen molar-refractivity contribution in [3.8, 4) is 5.75 Å². The molecule has 0 fully saturated rings. The minimum Gasteiger partial charge on any atom is -0.508 e. The SMILES string of the molecule is O=C1Nc2cccnc2NC1Cc1ccc(O)cc1. The van der Waals surface area contributed by atoms with Gasteiger partial charge in [-0.1, -0.05) is 12.1 Å². The number of rotatable bonds is 2. The molecule has 19 heavy (non-hydrogen) atoms. The zero-order valence-corrected chi connectivity index (χ0v) is 10.1. The Morgan fingerprint density at radius 3 is 2.79 bits per heavy atom. The molecule has 5 nitrogen and oxygen atoms in total. The number of phenols is 1. The van der Waals surface area contributed by atoms with Gasteiger partial charge in [0, 0.05) is 12.6 Å². The predicted octanol–water partition coefficient (Wildman–Crippen LogP) is 1.76. The summed E-state index contributed by atoms with van der Waals surface area (Å²) in [5.74, 6) is 0.830. The molecule has 0 aliphatic carbocycles. The number of hydrogen-bond acceptors (Lipinski definition) is 4. The van der Waals surface area contributed by atoms with Crippen LogP contribution in [-0.2, 0) is 11.2 Å². The maximum absolute atomic E-state index is 12.0. The smallest absolute Gasteiger partial charge is 0.247 e. The first-order valence-electron chi connectivity index (χ1n) is 6.03. The summed E-state index contributed by atoms with van der Waals surface area (Å²) >= 11 is 0. The number of phenolic OH excluding ortho intramolecular Hbond substituents is 1. The maximum atomic E-state index is 12.0. The zero-order valence-electron chi connectivity index (χ0n) is 10.1. The summed E-state index contributed by atoms with van der Waals surface area (Å²) < 4.78 is 0. The lowest BCUT2D eigenvalue weighted by atomic mass is 10.0. The van der Waals surface area contributed by atoms with E-state index in [9.17, 15) is 9.90 Å². The number of nitrogens with zero attached hydrogens (tertiary/aromatic N) is 1. The molecule has 2 aromatic rings. The molecule has 3 rings (SSSR count). The van der Waals surface area contributed by atoms with Gasteiger partial charge in [0.25, 0.3) is 0 Å². The minimum atomic E-state index is -0.355. The number of anilines is 2. The van der Waals surface area contributed by atoms with E-state index < -0.39 is 0 Å². The second kappa shape index (κ2) is 4.61. The van der Waals surface area contributed by atoms with Gasteiger partial charge in [0.05, 0.1) is 5.69 Å². The van der Waals surface area contributed by atoms with Gasteiger partial charge < -0.3 is 15.7 Å². The van der Waals surface area contributed by atoms with Gasteiger partial charge in [-0.25, -0.2) is 4.98 Å². The molecule has 5 heteroatoms. The molecule has 1 aliphatic heterocycles. The van der Waals surface area contributed by atoms with E-state index in [-0.39, 0.29) is 17.7 Å². The highest BCUT2D eigenvalue weighted by Crippen LogP contribution is 2.24. The Morgan fingerprint density at radius 1 is 1.21 bits per heavy atom. The van der Waals surface area contributed by atoms with Crippen LogP contribution in [0.15, 0.2) is 42.6 Å². The number of amides is 1. The van der Waals surface area contributed by atoms with Crippen LogP contribution in [-0.4, -0.2) is 22.0 Å². The number of nitrogens with one attached hydrogen (secondary N) is 2. The number of pyridine rings is 1. The zero-order chi connectivity index (χ0) is 13.2. The summed E-state index contributed by atoms with van der Waals surface area (Å²) in [6, 6.07) is 10.1. The van der Waals surface area contributed by atoms with Gasteiger partial charge in [-0.15, -0.1) is 0 Å². The van der Waals surface area contributed by atoms with E-state index in [1.165, 1.54) is 0 Å². The summed E-state index contributed by atoms with van der Waals surface area (Å²) in [5.41, 5.74) is 1.68. The van der Waals surface area contributed by atoms with Crippen molar-refractivity contribution >= 4 is 17.4 Å². The summed E-state index contributed by atoms with van der Waals surface area (Å²) in [6.07, 6.45) is 2.23. The second-order valence-corrected chi connectivity index (χ2v) is 4.46. The van der Waals surface area contributed by atoms with Gasteiger partial charge in [0.15, 0.2) is 0 Å². The first kappa shape index (κ1) is 11.5. The molecule has 0 spiro atoms. The molecule has 3 N–H and O–H groups in total. The highest BCUT2D eigenvalue weighted by molar-refractivity contribution is 6.02. The summed E-state index contributed by atoms with van der Waals surface area (Å²) in [5, 5.41) is 15.2. The summed E-state index contributed by atoms with van der Waals surface area (Å²) in [7, 11) is 0. The van der Waals surface area contributed by atoms with Crippen LogP contribution in [0.4, 0.5) is 11.5 Å². The third-order valence-corrected chi connectivity index (χ3v) is 3.07. The Labute approximate surface area is 110 Å². The number of carbonyl (C=O) groups is 1. The van der Waals surface area contributed by atoms with Crippen molar-refractivity contribution in [2.24, 2.45) is 0 Å². The Balaban J connectivity index is 1.79. The van der Waals surface area contributed by atoms with Gasteiger partial charge in [0.1, 0.15) is 17.6 Å². The van der Waals surface area contributed by atoms with E-state index >= 15 is 0 Å². The van der Waals surface area contributed by atoms with Gasteiger partial charge in [-0.2, -0.15) is 0 Å². The fourth-order valence-corrected chi connectivity index (χ4v) is 2.08. The topological polar surface area (TPSA) is 74.2 Å². The molecule has 0 bridgehead atoms. The van der Waals surface area contributed by atoms with E-state index in [1.54, 1.807) is 36.5 Å². The van der Waals surface area contributed by atoms with Gasteiger partial charge in [-0.3, -0.25) is 4.79 Å². The molecule has 0 saturated heterocycles. The average Bonchev–Trinajstić information content (AvgIpc) is 2.42. The third kappa shape index (κ3) is 2.35. The van der Waals surface area contributed by atoms with Crippen LogP contribution in [0, 0.1) is 0 Å². The van der Waals surface area contributed by atoms with Crippen molar-refractivity contribution in [2.45, 2.75) is 12.5 Å². The number of benzene rings is 1. The second-order valence-electron chi connectivity index (χ2n) is 4.46. The molecule has 1 amide bonds. The molecule has 1 aliphatic rings. The normalized spacial score (nSPS) is 17.3. The van der Waals surface area contributed by atoms with Crippen LogP contribution >= 0.6 is 0 Å². The van der Waals surface area contributed by atoms with Crippen LogP contribution in [0.2, 0.25) is 0 Å². The van der Waals surface area contributed by atoms with Crippen molar-refractivity contribution in [1.29, 1.82) is 0 Å². The fraction of sp³-hybridized carbons (Fsp3) is 0.143. The standard InChI is InChI=1S/C14H13N3O2/c18-10-5-3-9(4-6-10)8-12-14(19)17-11-2-1-7-15-13(11)16-12/h1-7,12,18H,8H2,(H,15,16)(H,17,19). The van der Waals surface area contributed by atoms with Crippen molar-refractivity contribution in [3.05, 3.63) is 48.2 Å². The van der Waals surface area contributed by atoms with E-state index in [2.05, 4.69) is 15.6 Å². The molecule has 2 heterocycles. The van der Waals surface area contributed by atoms with E-state index in [1.807, 2.05) is 6.07 Å². The average molecular weight is 255 g/mol. The Kier molecular flexibility index (Phi) is 2.79. The monoisotopic (exact) mass is 255 g/mol. The van der Waals surface area contributed by atoms with E-state index in [0.29, 0.717) is 17.9 Å². The maximum Gasteiger partial charge on any atom is 0.247 e. The summed E-state index contributed by atoms with van der Waals surface area (Å²) in [6.45, 7) is 0. The summed E-state index contributed by atoms with van der Waals surface area (Å²) in [4.78, 5) is 16.2. The number of aromatic hydroxyl groups is 1. The number of hydrogen-bond donors (Lipinski definition) is 3. The molecule has 1 unspecified atom stereocenters. The van der Waals surface area contributed by atoms with Gasteiger partial charge in [0.2, 0.25) is 5.91 Å². The van der Waals surface area contributed by atoms with Crippen LogP contribution in [0.5, 0.6) is 5.75 Å². The fourth-order valence-electron chi connectivity index (χ4n) is 2.08. The Morgan fingerprint density at radius 2 is 2.00 bits per heavy atom. The van der Waals surface area contributed by atoms with Crippen molar-refractivity contribution < 1.29 is 9.90 Å². The lowest BCUT2D eigenvalue weighted by molar-refractivity contribution is -0.117. The van der Waals surface area contributed by atoms with Crippen LogP contribution < -0.4 is 10.6 Å². The largest absolute Gasteiger partial charge is 0.508 e. The number of fused-ring (bicyclic) bond motifs is 1. The van der Waals surface area contributed by atoms with Gasteiger partial charge >= 0.3 is 0 Å². The number of aromatic nitrogens is 1. The number of carbonyl (C=O) groups excluding carboxylic acids is 1. The Hall–Kier alpha value is -2.56. The minimum absolute atomic E-state index is 0.0754. The lowest BCUT2D eigenvalue weighted by Crippen LogP contribution is -2.40. The quantitative estimate of drug-likeness (QED) is 0.764. The molecular weight excluding hydrogens is 242 g/mol. The predicted molar refractivity (Wildman–Crippen MR) is 72.1 cm³/mol.